The maximum absolute atomic E-state index is 11.7. The van der Waals surface area contributed by atoms with Crippen LogP contribution in [-0.4, -0.2) is 42.6 Å². The van der Waals surface area contributed by atoms with Crippen LogP contribution in [0.1, 0.15) is 6.92 Å². The minimum absolute atomic E-state index is 0.0989. The lowest BCUT2D eigenvalue weighted by atomic mass is 9.94. The molecule has 0 spiro atoms. The lowest BCUT2D eigenvalue weighted by Crippen LogP contribution is -2.58. The molecule has 23 heavy (non-hydrogen) atoms. The van der Waals surface area contributed by atoms with Crippen LogP contribution in [0.15, 0.2) is 29.5 Å². The molecule has 0 atom stereocenters. The Hall–Kier alpha value is -2.54. The highest BCUT2D eigenvalue weighted by molar-refractivity contribution is 6.09. The summed E-state index contributed by atoms with van der Waals surface area (Å²) in [6.45, 7) is 4.83. The number of anilines is 1. The van der Waals surface area contributed by atoms with Gasteiger partial charge < -0.3 is 19.5 Å². The van der Waals surface area contributed by atoms with E-state index in [-0.39, 0.29) is 18.0 Å². The van der Waals surface area contributed by atoms with Crippen LogP contribution in [0.5, 0.6) is 5.75 Å². The number of nitrogens with one attached hydrogen (secondary N) is 2. The van der Waals surface area contributed by atoms with E-state index in [0.717, 1.165) is 41.3 Å². The van der Waals surface area contributed by atoms with Gasteiger partial charge in [-0.1, -0.05) is 0 Å². The van der Waals surface area contributed by atoms with E-state index in [4.69, 9.17) is 4.74 Å². The quantitative estimate of drug-likeness (QED) is 0.809. The third kappa shape index (κ3) is 1.74. The van der Waals surface area contributed by atoms with Crippen molar-refractivity contribution in [3.8, 4) is 5.75 Å². The lowest BCUT2D eigenvalue weighted by molar-refractivity contribution is -0.119. The molecule has 1 aromatic heterocycles. The number of carbonyl (C=O) groups excluding carboxylic acids is 1. The van der Waals surface area contributed by atoms with Crippen molar-refractivity contribution in [1.82, 2.24) is 15.3 Å². The second-order valence-corrected chi connectivity index (χ2v) is 6.60. The number of nitrogens with zero attached hydrogens (tertiary/aromatic N) is 3. The zero-order chi connectivity index (χ0) is 15.6. The molecule has 0 radical (unpaired) electrons. The number of aromatic nitrogens is 1. The summed E-state index contributed by atoms with van der Waals surface area (Å²) >= 11 is 0. The molecule has 7 nitrogen and oxygen atoms in total. The van der Waals surface area contributed by atoms with Gasteiger partial charge in [-0.2, -0.15) is 5.10 Å². The van der Waals surface area contributed by atoms with Crippen LogP contribution in [0.2, 0.25) is 0 Å². The Morgan fingerprint density at radius 3 is 3.00 bits per heavy atom. The van der Waals surface area contributed by atoms with Crippen LogP contribution < -0.4 is 20.4 Å². The van der Waals surface area contributed by atoms with Gasteiger partial charge >= 0.3 is 0 Å². The molecule has 5 rings (SSSR count). The van der Waals surface area contributed by atoms with Gasteiger partial charge in [0.1, 0.15) is 18.9 Å². The van der Waals surface area contributed by atoms with Gasteiger partial charge in [0, 0.05) is 24.7 Å². The molecule has 1 aromatic carbocycles. The number of amides is 1. The van der Waals surface area contributed by atoms with E-state index in [1.54, 1.807) is 0 Å². The SMILES string of the molecule is CC1(n2ccc3cc4c(cc32)N2CC(=O)NN=C2CO4)CNC1. The summed E-state index contributed by atoms with van der Waals surface area (Å²) in [6, 6.07) is 6.29. The third-order valence-corrected chi connectivity index (χ3v) is 4.93. The predicted octanol–water partition coefficient (Wildman–Crippen LogP) is 0.602. The van der Waals surface area contributed by atoms with Crippen molar-refractivity contribution in [2.24, 2.45) is 5.10 Å². The molecule has 3 aliphatic heterocycles. The van der Waals surface area contributed by atoms with Crippen molar-refractivity contribution in [1.29, 1.82) is 0 Å². The van der Waals surface area contributed by atoms with E-state index in [1.807, 2.05) is 4.90 Å². The first-order valence-electron chi connectivity index (χ1n) is 7.76. The molecule has 0 unspecified atom stereocenters. The highest BCUT2D eigenvalue weighted by atomic mass is 16.5. The number of hydrazone groups is 1. The molecule has 3 aliphatic rings. The molecule has 0 saturated carbocycles. The summed E-state index contributed by atoms with van der Waals surface area (Å²) in [5.41, 5.74) is 4.68. The maximum Gasteiger partial charge on any atom is 0.260 e. The Morgan fingerprint density at radius 1 is 1.35 bits per heavy atom. The van der Waals surface area contributed by atoms with Gasteiger partial charge in [0.05, 0.1) is 16.7 Å². The summed E-state index contributed by atoms with van der Waals surface area (Å²) in [5.74, 6) is 1.44. The molecular weight excluding hydrogens is 294 g/mol. The van der Waals surface area contributed by atoms with Gasteiger partial charge in [0.25, 0.3) is 5.91 Å². The van der Waals surface area contributed by atoms with Crippen LogP contribution in [-0.2, 0) is 10.3 Å². The number of amidine groups is 1. The molecule has 1 fully saturated rings. The minimum atomic E-state index is -0.104. The number of hydrogen-bond acceptors (Lipinski definition) is 5. The second kappa shape index (κ2) is 4.26. The Labute approximate surface area is 132 Å². The maximum atomic E-state index is 11.7. The average molecular weight is 311 g/mol. The first-order chi connectivity index (χ1) is 11.1. The molecule has 118 valence electrons. The van der Waals surface area contributed by atoms with E-state index < -0.39 is 0 Å². The summed E-state index contributed by atoms with van der Waals surface area (Å²) in [5, 5.41) is 8.59. The molecule has 0 aliphatic carbocycles. The van der Waals surface area contributed by atoms with E-state index in [2.05, 4.69) is 51.7 Å². The summed E-state index contributed by atoms with van der Waals surface area (Å²) in [7, 11) is 0. The fourth-order valence-electron chi connectivity index (χ4n) is 3.54. The number of benzene rings is 1. The van der Waals surface area contributed by atoms with Crippen LogP contribution in [0.3, 0.4) is 0 Å². The van der Waals surface area contributed by atoms with Crippen LogP contribution in [0.4, 0.5) is 5.69 Å². The Bertz CT molecular complexity index is 865. The fraction of sp³-hybridized carbons (Fsp3) is 0.375. The second-order valence-electron chi connectivity index (χ2n) is 6.60. The van der Waals surface area contributed by atoms with Crippen LogP contribution in [0.25, 0.3) is 10.9 Å². The number of rotatable bonds is 1. The Balaban J connectivity index is 1.69. The normalized spacial score (nSPS) is 21.7. The lowest BCUT2D eigenvalue weighted by Gasteiger charge is -2.41. The molecule has 4 heterocycles. The Morgan fingerprint density at radius 2 is 2.22 bits per heavy atom. The average Bonchev–Trinajstić information content (AvgIpc) is 2.93. The molecule has 2 N–H and O–H groups in total. The van der Waals surface area contributed by atoms with E-state index in [9.17, 15) is 4.79 Å². The van der Waals surface area contributed by atoms with Gasteiger partial charge in [-0.05, 0) is 25.1 Å². The zero-order valence-corrected chi connectivity index (χ0v) is 12.8. The predicted molar refractivity (Wildman–Crippen MR) is 86.9 cm³/mol. The summed E-state index contributed by atoms with van der Waals surface area (Å²) < 4.78 is 8.14. The molecule has 7 heteroatoms. The topological polar surface area (TPSA) is 70.9 Å². The largest absolute Gasteiger partial charge is 0.483 e. The first-order valence-corrected chi connectivity index (χ1v) is 7.76. The molecule has 2 aromatic rings. The minimum Gasteiger partial charge on any atom is -0.483 e. The van der Waals surface area contributed by atoms with Gasteiger partial charge in [0.2, 0.25) is 0 Å². The van der Waals surface area contributed by atoms with E-state index in [0.29, 0.717) is 6.61 Å². The van der Waals surface area contributed by atoms with Gasteiger partial charge in [-0.3, -0.25) is 4.79 Å². The van der Waals surface area contributed by atoms with Crippen molar-refractivity contribution in [3.63, 3.8) is 0 Å². The molecule has 1 amide bonds. The van der Waals surface area contributed by atoms with Crippen molar-refractivity contribution in [3.05, 3.63) is 24.4 Å². The van der Waals surface area contributed by atoms with Crippen molar-refractivity contribution in [2.75, 3.05) is 31.1 Å². The van der Waals surface area contributed by atoms with Crippen molar-refractivity contribution < 1.29 is 9.53 Å². The van der Waals surface area contributed by atoms with Gasteiger partial charge in [-0.15, -0.1) is 0 Å². The zero-order valence-electron chi connectivity index (χ0n) is 12.8. The van der Waals surface area contributed by atoms with Crippen molar-refractivity contribution in [2.45, 2.75) is 12.5 Å². The van der Waals surface area contributed by atoms with Crippen molar-refractivity contribution >= 4 is 28.3 Å². The molecule has 1 saturated heterocycles. The highest BCUT2D eigenvalue weighted by Gasteiger charge is 2.35. The summed E-state index contributed by atoms with van der Waals surface area (Å²) in [4.78, 5) is 13.6. The highest BCUT2D eigenvalue weighted by Crippen LogP contribution is 2.38. The Kier molecular flexibility index (Phi) is 2.40. The number of ether oxygens (including phenoxy) is 1. The fourth-order valence-corrected chi connectivity index (χ4v) is 3.54. The van der Waals surface area contributed by atoms with E-state index in [1.165, 1.54) is 0 Å². The van der Waals surface area contributed by atoms with E-state index >= 15 is 0 Å². The molecule has 0 bridgehead atoms. The first kappa shape index (κ1) is 13.0. The van der Waals surface area contributed by atoms with Gasteiger partial charge in [0.15, 0.2) is 5.84 Å². The monoisotopic (exact) mass is 311 g/mol. The third-order valence-electron chi connectivity index (χ3n) is 4.93. The summed E-state index contributed by atoms with van der Waals surface area (Å²) in [6.07, 6.45) is 2.13. The van der Waals surface area contributed by atoms with Crippen LogP contribution >= 0.6 is 0 Å². The molecular formula is C16H17N5O2. The number of hydrogen-bond donors (Lipinski definition) is 2. The van der Waals surface area contributed by atoms with Crippen LogP contribution in [0, 0.1) is 0 Å². The van der Waals surface area contributed by atoms with Gasteiger partial charge in [-0.25, -0.2) is 5.43 Å². The number of carbonyl (C=O) groups is 1. The smallest absolute Gasteiger partial charge is 0.260 e. The standard InChI is InChI=1S/C16H17N5O2/c1-16(8-17-9-16)21-3-2-10-4-13-12(5-11(10)21)20-6-15(22)19-18-14(20)7-23-13/h2-5,17H,6-9H2,1H3,(H,19,22). The number of fused-ring (bicyclic) bond motifs is 4.